The molecule has 5 nitrogen and oxygen atoms in total. The van der Waals surface area contributed by atoms with E-state index in [4.69, 9.17) is 0 Å². The molecule has 1 unspecified atom stereocenters. The van der Waals surface area contributed by atoms with Crippen LogP contribution in [-0.4, -0.2) is 36.6 Å². The van der Waals surface area contributed by atoms with Gasteiger partial charge in [-0.05, 0) is 56.2 Å². The summed E-state index contributed by atoms with van der Waals surface area (Å²) in [4.78, 5) is 19.4. The van der Waals surface area contributed by atoms with Crippen LogP contribution in [0.5, 0.6) is 0 Å². The normalized spacial score (nSPS) is 23.2. The maximum Gasteiger partial charge on any atom is 0.242 e. The molecular weight excluding hydrogens is 324 g/mol. The summed E-state index contributed by atoms with van der Waals surface area (Å²) in [5.74, 6) is 1.06. The highest BCUT2D eigenvalue weighted by atomic mass is 35.5. The van der Waals surface area contributed by atoms with Crippen molar-refractivity contribution in [3.8, 4) is 0 Å². The number of hydrogen-bond acceptors (Lipinski definition) is 4. The number of rotatable bonds is 3. The first-order chi connectivity index (χ1) is 11.1. The maximum atomic E-state index is 12.6. The largest absolute Gasteiger partial charge is 0.357 e. The first-order valence-electron chi connectivity index (χ1n) is 8.81. The summed E-state index contributed by atoms with van der Waals surface area (Å²) in [6, 6.07) is 3.84. The van der Waals surface area contributed by atoms with Gasteiger partial charge >= 0.3 is 0 Å². The number of aromatic nitrogens is 1. The maximum absolute atomic E-state index is 12.6. The van der Waals surface area contributed by atoms with Crippen molar-refractivity contribution in [2.75, 3.05) is 29.9 Å². The van der Waals surface area contributed by atoms with E-state index in [9.17, 15) is 4.79 Å². The Morgan fingerprint density at radius 3 is 2.62 bits per heavy atom. The third kappa shape index (κ3) is 4.39. The molecule has 0 aliphatic carbocycles. The Balaban J connectivity index is 0.00000208. The fourth-order valence-electron chi connectivity index (χ4n) is 3.64. The monoisotopic (exact) mass is 352 g/mol. The molecule has 1 amide bonds. The summed E-state index contributed by atoms with van der Waals surface area (Å²) < 4.78 is 0. The Labute approximate surface area is 151 Å². The van der Waals surface area contributed by atoms with Gasteiger partial charge in [-0.15, -0.1) is 12.4 Å². The van der Waals surface area contributed by atoms with Gasteiger partial charge in [0.05, 0.1) is 17.9 Å². The smallest absolute Gasteiger partial charge is 0.242 e. The molecule has 0 radical (unpaired) electrons. The van der Waals surface area contributed by atoms with Crippen molar-refractivity contribution in [3.63, 3.8) is 0 Å². The lowest BCUT2D eigenvalue weighted by atomic mass is 9.77. The molecule has 0 aromatic carbocycles. The number of carbonyl (C=O) groups is 1. The van der Waals surface area contributed by atoms with E-state index in [-0.39, 0.29) is 29.8 Å². The number of piperidine rings is 2. The Bertz CT molecular complexity index is 540. The topological polar surface area (TPSA) is 57.3 Å². The van der Waals surface area contributed by atoms with E-state index in [1.807, 2.05) is 12.1 Å². The Kier molecular flexibility index (Phi) is 6.47. The van der Waals surface area contributed by atoms with Crippen molar-refractivity contribution in [1.29, 1.82) is 0 Å². The number of nitrogens with one attached hydrogen (secondary N) is 2. The SMILES string of the molecule is CC1(C)CCCNC1C(=O)Nc1ccc(N2CCCCC2)nc1.Cl. The second kappa shape index (κ2) is 8.17. The summed E-state index contributed by atoms with van der Waals surface area (Å²) in [6.45, 7) is 7.38. The lowest BCUT2D eigenvalue weighted by Crippen LogP contribution is -2.53. The minimum atomic E-state index is -0.141. The first-order valence-corrected chi connectivity index (χ1v) is 8.81. The van der Waals surface area contributed by atoms with E-state index in [1.165, 1.54) is 19.3 Å². The number of anilines is 2. The van der Waals surface area contributed by atoms with Gasteiger partial charge in [0.25, 0.3) is 0 Å². The molecule has 2 aliphatic heterocycles. The third-order valence-electron chi connectivity index (χ3n) is 5.09. The number of amides is 1. The molecule has 24 heavy (non-hydrogen) atoms. The van der Waals surface area contributed by atoms with E-state index in [1.54, 1.807) is 6.20 Å². The molecule has 6 heteroatoms. The molecule has 1 aromatic rings. The third-order valence-corrected chi connectivity index (χ3v) is 5.09. The van der Waals surface area contributed by atoms with Crippen molar-refractivity contribution >= 4 is 29.8 Å². The minimum absolute atomic E-state index is 0. The van der Waals surface area contributed by atoms with Crippen molar-refractivity contribution < 1.29 is 4.79 Å². The Hall–Kier alpha value is -1.33. The summed E-state index contributed by atoms with van der Waals surface area (Å²) in [5, 5.41) is 6.37. The van der Waals surface area contributed by atoms with Crippen molar-refractivity contribution in [3.05, 3.63) is 18.3 Å². The molecule has 0 bridgehead atoms. The highest BCUT2D eigenvalue weighted by Crippen LogP contribution is 2.30. The van der Waals surface area contributed by atoms with E-state index < -0.39 is 0 Å². The second-order valence-corrected chi connectivity index (χ2v) is 7.42. The summed E-state index contributed by atoms with van der Waals surface area (Å²) in [6.07, 6.45) is 7.77. The highest BCUT2D eigenvalue weighted by molar-refractivity contribution is 5.95. The van der Waals surface area contributed by atoms with E-state index in [0.717, 1.165) is 44.0 Å². The van der Waals surface area contributed by atoms with Crippen LogP contribution in [0.15, 0.2) is 18.3 Å². The minimum Gasteiger partial charge on any atom is -0.357 e. The zero-order chi connectivity index (χ0) is 16.3. The predicted octanol–water partition coefficient (Wildman–Crippen LogP) is 3.21. The summed E-state index contributed by atoms with van der Waals surface area (Å²) >= 11 is 0. The summed E-state index contributed by atoms with van der Waals surface area (Å²) in [5.41, 5.74) is 0.766. The fourth-order valence-corrected chi connectivity index (χ4v) is 3.64. The number of pyridine rings is 1. The lowest BCUT2D eigenvalue weighted by molar-refractivity contribution is -0.121. The quantitative estimate of drug-likeness (QED) is 0.877. The van der Waals surface area contributed by atoms with Gasteiger partial charge in [0.15, 0.2) is 0 Å². The molecule has 2 fully saturated rings. The van der Waals surface area contributed by atoms with Crippen LogP contribution < -0.4 is 15.5 Å². The molecule has 1 aromatic heterocycles. The van der Waals surface area contributed by atoms with Crippen LogP contribution in [-0.2, 0) is 4.79 Å². The molecule has 1 atom stereocenters. The van der Waals surface area contributed by atoms with E-state index in [2.05, 4.69) is 34.4 Å². The molecule has 2 aliphatic rings. The van der Waals surface area contributed by atoms with Crippen LogP contribution >= 0.6 is 12.4 Å². The van der Waals surface area contributed by atoms with Crippen molar-refractivity contribution in [2.24, 2.45) is 5.41 Å². The average molecular weight is 353 g/mol. The van der Waals surface area contributed by atoms with Gasteiger partial charge in [0.2, 0.25) is 5.91 Å². The van der Waals surface area contributed by atoms with Crippen molar-refractivity contribution in [1.82, 2.24) is 10.3 Å². The number of hydrogen-bond donors (Lipinski definition) is 2. The molecule has 3 rings (SSSR count). The van der Waals surface area contributed by atoms with Gasteiger partial charge in [-0.25, -0.2) is 4.98 Å². The molecule has 0 spiro atoms. The van der Waals surface area contributed by atoms with Crippen LogP contribution in [0.1, 0.15) is 46.0 Å². The number of nitrogens with zero attached hydrogens (tertiary/aromatic N) is 2. The number of carbonyl (C=O) groups excluding carboxylic acids is 1. The summed E-state index contributed by atoms with van der Waals surface area (Å²) in [7, 11) is 0. The molecule has 3 heterocycles. The standard InChI is InChI=1S/C18H28N4O.ClH/c1-18(2)9-6-10-19-16(18)17(23)21-14-7-8-15(20-13-14)22-11-4-3-5-12-22;/h7-8,13,16,19H,3-6,9-12H2,1-2H3,(H,21,23);1H. The molecule has 134 valence electrons. The van der Waals surface area contributed by atoms with Gasteiger partial charge in [0.1, 0.15) is 5.82 Å². The van der Waals surface area contributed by atoms with E-state index in [0.29, 0.717) is 0 Å². The van der Waals surface area contributed by atoms with Gasteiger partial charge in [-0.1, -0.05) is 13.8 Å². The van der Waals surface area contributed by atoms with Gasteiger partial charge in [0, 0.05) is 13.1 Å². The first kappa shape index (κ1) is 19.0. The molecular formula is C18H29ClN4O. The lowest BCUT2D eigenvalue weighted by Gasteiger charge is -2.38. The Morgan fingerprint density at radius 2 is 2.00 bits per heavy atom. The zero-order valence-electron chi connectivity index (χ0n) is 14.7. The molecule has 2 saturated heterocycles. The van der Waals surface area contributed by atoms with Crippen LogP contribution in [0, 0.1) is 5.41 Å². The van der Waals surface area contributed by atoms with Crippen LogP contribution in [0.3, 0.4) is 0 Å². The van der Waals surface area contributed by atoms with Gasteiger partial charge < -0.3 is 15.5 Å². The molecule has 2 N–H and O–H groups in total. The number of halogens is 1. The van der Waals surface area contributed by atoms with Crippen molar-refractivity contribution in [2.45, 2.75) is 52.0 Å². The van der Waals surface area contributed by atoms with Crippen LogP contribution in [0.4, 0.5) is 11.5 Å². The molecule has 0 saturated carbocycles. The zero-order valence-corrected chi connectivity index (χ0v) is 15.5. The predicted molar refractivity (Wildman–Crippen MR) is 101 cm³/mol. The Morgan fingerprint density at radius 1 is 1.25 bits per heavy atom. The van der Waals surface area contributed by atoms with Crippen LogP contribution in [0.2, 0.25) is 0 Å². The van der Waals surface area contributed by atoms with Gasteiger partial charge in [-0.2, -0.15) is 0 Å². The average Bonchev–Trinajstić information content (AvgIpc) is 2.56. The second-order valence-electron chi connectivity index (χ2n) is 7.42. The highest BCUT2D eigenvalue weighted by Gasteiger charge is 2.37. The van der Waals surface area contributed by atoms with Gasteiger partial charge in [-0.3, -0.25) is 4.79 Å². The van der Waals surface area contributed by atoms with E-state index >= 15 is 0 Å². The fraction of sp³-hybridized carbons (Fsp3) is 0.667. The van der Waals surface area contributed by atoms with Crippen LogP contribution in [0.25, 0.3) is 0 Å².